The molecule has 0 unspecified atom stereocenters. The number of nitrogens with zero attached hydrogens (tertiary/aromatic N) is 6. The summed E-state index contributed by atoms with van der Waals surface area (Å²) in [7, 11) is 3.59. The zero-order valence-corrected chi connectivity index (χ0v) is 62.7. The fourth-order valence-electron chi connectivity index (χ4n) is 14.9. The van der Waals surface area contributed by atoms with E-state index in [-0.39, 0.29) is 91.3 Å². The second-order valence-electron chi connectivity index (χ2n) is 27.3. The number of morpholine rings is 1. The van der Waals surface area contributed by atoms with Crippen molar-refractivity contribution < 1.29 is 99.4 Å². The van der Waals surface area contributed by atoms with E-state index >= 15 is 0 Å². The Morgan fingerprint density at radius 1 is 0.635 bits per heavy atom. The van der Waals surface area contributed by atoms with Crippen LogP contribution in [0.2, 0.25) is 18.1 Å². The van der Waals surface area contributed by atoms with Gasteiger partial charge in [0.25, 0.3) is 0 Å². The highest BCUT2D eigenvalue weighted by atomic mass is 28.4. The van der Waals surface area contributed by atoms with Crippen LogP contribution in [0.4, 0.5) is 9.59 Å². The van der Waals surface area contributed by atoms with Crippen molar-refractivity contribution in [2.45, 2.75) is 147 Å². The maximum Gasteiger partial charge on any atom is 0.411 e. The number of hydrogen-bond donors (Lipinski definition) is 0. The van der Waals surface area contributed by atoms with Crippen LogP contribution in [-0.4, -0.2) is 190 Å². The molecule has 7 heterocycles. The van der Waals surface area contributed by atoms with E-state index in [0.29, 0.717) is 90.9 Å². The minimum atomic E-state index is -2.54. The number of benzene rings is 4. The van der Waals surface area contributed by atoms with E-state index in [2.05, 4.69) is 72.3 Å². The lowest BCUT2D eigenvalue weighted by Crippen LogP contribution is -2.71. The maximum atomic E-state index is 14.8. The summed E-state index contributed by atoms with van der Waals surface area (Å²) in [5.41, 5.74) is 6.83. The first-order valence-electron chi connectivity index (χ1n) is 34.3. The number of rotatable bonds is 26. The number of methoxy groups -OCH3 is 4. The summed E-state index contributed by atoms with van der Waals surface area (Å²) in [5.74, 6) is 2.95. The molecular weight excluding hydrogens is 1360 g/mol. The van der Waals surface area contributed by atoms with Gasteiger partial charge in [0.05, 0.1) is 75.8 Å². The Morgan fingerprint density at radius 2 is 1.12 bits per heavy atom. The number of carbonyl (C=O) groups is 4. The molecule has 104 heavy (non-hydrogen) atoms. The van der Waals surface area contributed by atoms with E-state index in [4.69, 9.17) is 80.2 Å². The van der Waals surface area contributed by atoms with Crippen LogP contribution >= 0.6 is 0 Å². The average Bonchev–Trinajstić information content (AvgIpc) is 0.772. The summed E-state index contributed by atoms with van der Waals surface area (Å²) < 4.78 is 101. The van der Waals surface area contributed by atoms with Gasteiger partial charge in [-0.2, -0.15) is 10.5 Å². The van der Waals surface area contributed by atoms with E-state index in [1.807, 2.05) is 49.6 Å². The molecule has 0 saturated carbocycles. The molecule has 4 aromatic carbocycles. The molecule has 558 valence electrons. The van der Waals surface area contributed by atoms with E-state index in [0.717, 1.165) is 22.3 Å². The quantitative estimate of drug-likeness (QED) is 0.0186. The predicted octanol–water partition coefficient (Wildman–Crippen LogP) is 11.1. The number of carbonyl (C=O) groups excluding carboxylic acids is 4. The number of esters is 2. The van der Waals surface area contributed by atoms with Crippen LogP contribution in [0.15, 0.2) is 74.9 Å². The first-order chi connectivity index (χ1) is 49.9. The molecular formula is C76H94N6O21Si. The highest BCUT2D eigenvalue weighted by Gasteiger charge is 2.62. The molecule has 0 aromatic heterocycles. The lowest BCUT2D eigenvalue weighted by atomic mass is 9.75. The van der Waals surface area contributed by atoms with Crippen LogP contribution in [0, 0.1) is 50.4 Å². The SMILES string of the molecule is C=CCOC(=O)N1[C@@H]2c3c(cc(C)c(OC)c3OCC=C)C[C@H]1[C@H](C#N)N([C@@H](C(=O)OCC)c1cc(OCOC)c(C)c3c1OCO3)[C@H]2CO[Si](C)(C)C(C)(C)C.C=CCOC(=O)N1[C@@H]2c3c(cc(C)c(OC)c3OCC=C)C[C@H]1[C@H](C#N)N1[C@H](c3cc(OCOC)c(C)c4c3OCO4)C(=O)OC[C@@H]21. The van der Waals surface area contributed by atoms with Gasteiger partial charge in [-0.05, 0) is 100.0 Å². The van der Waals surface area contributed by atoms with Gasteiger partial charge in [-0.1, -0.05) is 83.5 Å². The molecule has 3 saturated heterocycles. The van der Waals surface area contributed by atoms with Gasteiger partial charge in [-0.3, -0.25) is 19.6 Å². The van der Waals surface area contributed by atoms with Gasteiger partial charge in [0, 0.05) is 47.6 Å². The standard InChI is InChI=1S/C42H57N3O11Si.C34H37N3O10/c1-13-16-51-39-33-27(18-25(4)36(39)49-10)19-29-30(21-43)44(31(22-56-57(11,12)42(6,7)8)35(33)45(29)41(47)52-17-14-2)34(40(46)50-15-3)28-20-32(53-23-48-9)26(5)37-38(28)55-24-54-37;1-7-9-42-32-26-20(11-18(3)29(32)41-6)12-22-23(14-35)36-24(28(26)37(22)34(39)43-10-8-2)15-44-33(38)27(36)21-13-25(45-16-40-5)19(4)30-31(21)47-17-46-30/h13-14,18,20,29-31,34-35H,1-2,15-17,19,22-24H2,3-12H3;7-8,11,13,22-24,27-28H,1-2,9-10,12,15-17H2,3-6H3/t29-,30-,31-,34+,35-;22-,23-,24-,27+,28-/m00/s1. The lowest BCUT2D eigenvalue weighted by molar-refractivity contribution is -0.179. The van der Waals surface area contributed by atoms with Crippen molar-refractivity contribution in [2.24, 2.45) is 0 Å². The maximum absolute atomic E-state index is 14.8. The average molecular weight is 1460 g/mol. The second-order valence-corrected chi connectivity index (χ2v) is 32.1. The molecule has 7 aliphatic heterocycles. The van der Waals surface area contributed by atoms with Gasteiger partial charge in [-0.15, -0.1) is 0 Å². The van der Waals surface area contributed by atoms with Gasteiger partial charge in [-0.25, -0.2) is 19.2 Å². The molecule has 2 amide bonds. The Bertz CT molecular complexity index is 4050. The van der Waals surface area contributed by atoms with Crippen molar-refractivity contribution in [3.8, 4) is 69.6 Å². The second kappa shape index (κ2) is 32.5. The normalized spacial score (nSPS) is 22.0. The van der Waals surface area contributed by atoms with Crippen molar-refractivity contribution in [3.63, 3.8) is 0 Å². The fraction of sp³-hybridized carbons (Fsp3) is 0.500. The monoisotopic (exact) mass is 1450 g/mol. The number of nitriles is 2. The summed E-state index contributed by atoms with van der Waals surface area (Å²) in [6, 6.07) is 3.13. The Labute approximate surface area is 608 Å². The first-order valence-corrected chi connectivity index (χ1v) is 37.2. The van der Waals surface area contributed by atoms with Crippen molar-refractivity contribution >= 4 is 32.4 Å². The lowest BCUT2D eigenvalue weighted by Gasteiger charge is -2.58. The zero-order chi connectivity index (χ0) is 75.2. The number of piperazine rings is 2. The van der Waals surface area contributed by atoms with Crippen molar-refractivity contribution in [2.75, 3.05) is 102 Å². The molecule has 28 heteroatoms. The molecule has 0 N–H and O–H groups in total. The summed E-state index contributed by atoms with van der Waals surface area (Å²) in [6.07, 6.45) is 5.44. The molecule has 11 rings (SSSR count). The van der Waals surface area contributed by atoms with Crippen molar-refractivity contribution in [1.82, 2.24) is 19.6 Å². The third kappa shape index (κ3) is 14.1. The molecule has 27 nitrogen and oxygen atoms in total. The number of amides is 2. The topological polar surface area (TPSA) is 286 Å². The molecule has 4 bridgehead atoms. The summed E-state index contributed by atoms with van der Waals surface area (Å²) in [4.78, 5) is 63.8. The minimum absolute atomic E-state index is 0.00216. The van der Waals surface area contributed by atoms with Crippen LogP contribution in [0.5, 0.6) is 57.5 Å². The van der Waals surface area contributed by atoms with Crippen LogP contribution in [0.1, 0.15) is 107 Å². The van der Waals surface area contributed by atoms with Crippen molar-refractivity contribution in [1.29, 1.82) is 10.5 Å². The van der Waals surface area contributed by atoms with Crippen LogP contribution in [-0.2, 0) is 55.3 Å². The highest BCUT2D eigenvalue weighted by Crippen LogP contribution is 2.59. The molecule has 3 fully saturated rings. The van der Waals surface area contributed by atoms with Gasteiger partial charge in [0.1, 0.15) is 68.7 Å². The number of fused-ring (bicyclic) bond motifs is 12. The number of ether oxygens (including phenoxy) is 16. The fourth-order valence-corrected chi connectivity index (χ4v) is 16.0. The van der Waals surface area contributed by atoms with Gasteiger partial charge in [0.15, 0.2) is 67.9 Å². The predicted molar refractivity (Wildman–Crippen MR) is 380 cm³/mol. The molecule has 0 aliphatic carbocycles. The van der Waals surface area contributed by atoms with E-state index in [1.54, 1.807) is 55.2 Å². The smallest absolute Gasteiger partial charge is 0.411 e. The van der Waals surface area contributed by atoms with Crippen LogP contribution in [0.25, 0.3) is 0 Å². The molecule has 0 radical (unpaired) electrons. The number of aryl methyl sites for hydroxylation is 2. The van der Waals surface area contributed by atoms with E-state index < -0.39 is 92.9 Å². The first kappa shape index (κ1) is 76.9. The Hall–Kier alpha value is -9.68. The number of cyclic esters (lactones) is 1. The van der Waals surface area contributed by atoms with Gasteiger partial charge >= 0.3 is 24.1 Å². The molecule has 0 spiro atoms. The van der Waals surface area contributed by atoms with E-state index in [1.165, 1.54) is 26.4 Å². The summed E-state index contributed by atoms with van der Waals surface area (Å²) >= 11 is 0. The van der Waals surface area contributed by atoms with Gasteiger partial charge < -0.3 is 80.2 Å². The summed E-state index contributed by atoms with van der Waals surface area (Å²) in [6.45, 7) is 34.8. The van der Waals surface area contributed by atoms with Crippen LogP contribution < -0.4 is 47.4 Å². The van der Waals surface area contributed by atoms with Crippen molar-refractivity contribution in [3.05, 3.63) is 131 Å². The summed E-state index contributed by atoms with van der Waals surface area (Å²) in [5, 5.41) is 22.0. The molecule has 10 atom stereocenters. The third-order valence-electron chi connectivity index (χ3n) is 20.3. The zero-order valence-electron chi connectivity index (χ0n) is 61.7. The Kier molecular flexibility index (Phi) is 24.1. The Morgan fingerprint density at radius 3 is 1.62 bits per heavy atom. The molecule has 7 aliphatic rings. The Balaban J connectivity index is 0.000000227. The third-order valence-corrected chi connectivity index (χ3v) is 24.8. The highest BCUT2D eigenvalue weighted by molar-refractivity contribution is 6.74. The van der Waals surface area contributed by atoms with E-state index in [9.17, 15) is 29.7 Å². The van der Waals surface area contributed by atoms with Crippen LogP contribution in [0.3, 0.4) is 0 Å². The largest absolute Gasteiger partial charge is 0.493 e. The van der Waals surface area contributed by atoms with Gasteiger partial charge in [0.2, 0.25) is 13.6 Å². The minimum Gasteiger partial charge on any atom is -0.493 e. The number of hydrogen-bond acceptors (Lipinski definition) is 25. The molecule has 4 aromatic rings.